The molecule has 0 aliphatic carbocycles. The molecule has 0 unspecified atom stereocenters. The molecule has 0 radical (unpaired) electrons. The Balaban J connectivity index is 1.41. The lowest BCUT2D eigenvalue weighted by molar-refractivity contribution is 0.667. The van der Waals surface area contributed by atoms with Crippen LogP contribution in [0.2, 0.25) is 0 Å². The van der Waals surface area contributed by atoms with Crippen molar-refractivity contribution in [3.63, 3.8) is 0 Å². The lowest BCUT2D eigenvalue weighted by Gasteiger charge is -2.10. The summed E-state index contributed by atoms with van der Waals surface area (Å²) in [6, 6.07) is 52.2. The van der Waals surface area contributed by atoms with E-state index in [1.165, 1.54) is 54.4 Å². The number of hydrogen-bond acceptors (Lipinski definition) is 1. The molecule has 0 aliphatic rings. The van der Waals surface area contributed by atoms with Crippen molar-refractivity contribution in [2.75, 3.05) is 0 Å². The van der Waals surface area contributed by atoms with E-state index in [0.717, 1.165) is 33.3 Å². The molecule has 0 bridgehead atoms. The molecule has 0 N–H and O–H groups in total. The summed E-state index contributed by atoms with van der Waals surface area (Å²) < 4.78 is 11.6. The third kappa shape index (κ3) is 3.03. The Morgan fingerprint density at radius 3 is 1.93 bits per heavy atom. The first-order valence-corrected chi connectivity index (χ1v) is 14.7. The molecule has 0 atom stereocenters. The summed E-state index contributed by atoms with van der Waals surface area (Å²) in [7, 11) is 0. The number of para-hydroxylation sites is 4. The fraction of sp³-hybridized carbons (Fsp3) is 0. The number of furan rings is 1. The van der Waals surface area contributed by atoms with Gasteiger partial charge in [0.25, 0.3) is 0 Å². The summed E-state index contributed by atoms with van der Waals surface area (Å²) in [4.78, 5) is 0. The molecule has 10 aromatic rings. The molecule has 200 valence electrons. The quantitative estimate of drug-likeness (QED) is 0.211. The third-order valence-corrected chi connectivity index (χ3v) is 9.07. The van der Waals surface area contributed by atoms with Gasteiger partial charge in [-0.1, -0.05) is 97.1 Å². The van der Waals surface area contributed by atoms with Gasteiger partial charge < -0.3 is 13.6 Å². The van der Waals surface area contributed by atoms with Crippen LogP contribution in [0.15, 0.2) is 150 Å². The normalized spacial score (nSPS) is 12.2. The van der Waals surface area contributed by atoms with Crippen LogP contribution in [-0.2, 0) is 0 Å². The maximum absolute atomic E-state index is 6.76. The van der Waals surface area contributed by atoms with Crippen LogP contribution in [-0.4, -0.2) is 9.13 Å². The molecule has 0 amide bonds. The molecule has 3 heteroatoms. The standard InChI is InChI=1S/C40H24N2O/c1-2-13-27(14-3-1)41-34-19-9-7-16-31(34)38-35(41)22-21-29-28-15-6-8-18-33(28)42(39(29)38)36-20-10-17-30-32-23-25-11-4-5-12-26(25)24-37(32)43-40(30)36/h1-24H. The monoisotopic (exact) mass is 548 g/mol. The number of aromatic nitrogens is 2. The molecule has 3 aromatic heterocycles. The highest BCUT2D eigenvalue weighted by molar-refractivity contribution is 6.26. The van der Waals surface area contributed by atoms with E-state index in [0.29, 0.717) is 0 Å². The minimum Gasteiger partial charge on any atom is -0.454 e. The van der Waals surface area contributed by atoms with E-state index in [-0.39, 0.29) is 0 Å². The van der Waals surface area contributed by atoms with Crippen molar-refractivity contribution >= 4 is 76.3 Å². The smallest absolute Gasteiger partial charge is 0.159 e. The maximum Gasteiger partial charge on any atom is 0.159 e. The van der Waals surface area contributed by atoms with Gasteiger partial charge in [-0.05, 0) is 59.3 Å². The van der Waals surface area contributed by atoms with Gasteiger partial charge in [0, 0.05) is 38.0 Å². The summed E-state index contributed by atoms with van der Waals surface area (Å²) in [6.45, 7) is 0. The first kappa shape index (κ1) is 22.8. The van der Waals surface area contributed by atoms with Crippen molar-refractivity contribution in [2.45, 2.75) is 0 Å². The molecular weight excluding hydrogens is 524 g/mol. The zero-order valence-electron chi connectivity index (χ0n) is 23.2. The number of fused-ring (bicyclic) bond motifs is 11. The number of nitrogens with zero attached hydrogens (tertiary/aromatic N) is 2. The van der Waals surface area contributed by atoms with Crippen molar-refractivity contribution in [2.24, 2.45) is 0 Å². The Bertz CT molecular complexity index is 2720. The fourth-order valence-electron chi connectivity index (χ4n) is 7.26. The molecule has 3 nitrogen and oxygen atoms in total. The fourth-order valence-corrected chi connectivity index (χ4v) is 7.26. The first-order valence-electron chi connectivity index (χ1n) is 14.7. The van der Waals surface area contributed by atoms with Crippen molar-refractivity contribution in [3.8, 4) is 11.4 Å². The highest BCUT2D eigenvalue weighted by Crippen LogP contribution is 2.44. The van der Waals surface area contributed by atoms with E-state index in [2.05, 4.69) is 155 Å². The lowest BCUT2D eigenvalue weighted by atomic mass is 10.1. The molecule has 0 aliphatic heterocycles. The second-order valence-corrected chi connectivity index (χ2v) is 11.3. The van der Waals surface area contributed by atoms with E-state index in [4.69, 9.17) is 4.42 Å². The molecule has 0 saturated heterocycles. The predicted molar refractivity (Wildman–Crippen MR) is 180 cm³/mol. The van der Waals surface area contributed by atoms with Gasteiger partial charge in [0.15, 0.2) is 5.58 Å². The zero-order valence-corrected chi connectivity index (χ0v) is 23.2. The van der Waals surface area contributed by atoms with Crippen LogP contribution in [0.3, 0.4) is 0 Å². The average molecular weight is 549 g/mol. The van der Waals surface area contributed by atoms with Crippen molar-refractivity contribution in [3.05, 3.63) is 146 Å². The van der Waals surface area contributed by atoms with Gasteiger partial charge >= 0.3 is 0 Å². The van der Waals surface area contributed by atoms with E-state index >= 15 is 0 Å². The van der Waals surface area contributed by atoms with Crippen molar-refractivity contribution in [1.29, 1.82) is 0 Å². The average Bonchev–Trinajstić information content (AvgIpc) is 3.71. The second kappa shape index (κ2) is 8.37. The van der Waals surface area contributed by atoms with Gasteiger partial charge in [-0.25, -0.2) is 0 Å². The maximum atomic E-state index is 6.76. The predicted octanol–water partition coefficient (Wildman–Crippen LogP) is 10.9. The third-order valence-electron chi connectivity index (χ3n) is 9.07. The molecule has 0 fully saturated rings. The van der Waals surface area contributed by atoms with Crippen LogP contribution in [0.5, 0.6) is 0 Å². The van der Waals surface area contributed by atoms with Crippen LogP contribution in [0.25, 0.3) is 87.7 Å². The molecule has 3 heterocycles. The van der Waals surface area contributed by atoms with E-state index < -0.39 is 0 Å². The van der Waals surface area contributed by atoms with Gasteiger partial charge in [0.05, 0.1) is 27.8 Å². The zero-order chi connectivity index (χ0) is 28.1. The first-order chi connectivity index (χ1) is 21.3. The van der Waals surface area contributed by atoms with Crippen molar-refractivity contribution < 1.29 is 4.42 Å². The summed E-state index contributed by atoms with van der Waals surface area (Å²) in [5, 5.41) is 9.61. The molecule has 10 rings (SSSR count). The Morgan fingerprint density at radius 1 is 0.419 bits per heavy atom. The minimum atomic E-state index is 0.902. The molecular formula is C40H24N2O. The summed E-state index contributed by atoms with van der Waals surface area (Å²) in [5.74, 6) is 0. The molecule has 0 saturated carbocycles. The SMILES string of the molecule is c1ccc(-n2c3ccccc3c3c2ccc2c4ccccc4n(-c4cccc5c4oc4cc6ccccc6cc45)c23)cc1. The topological polar surface area (TPSA) is 23.0 Å². The van der Waals surface area contributed by atoms with Crippen LogP contribution in [0, 0.1) is 0 Å². The van der Waals surface area contributed by atoms with Crippen LogP contribution in [0.4, 0.5) is 0 Å². The Kier molecular flexibility index (Phi) is 4.45. The highest BCUT2D eigenvalue weighted by Gasteiger charge is 2.22. The summed E-state index contributed by atoms with van der Waals surface area (Å²) >= 11 is 0. The Morgan fingerprint density at radius 2 is 1.09 bits per heavy atom. The van der Waals surface area contributed by atoms with Crippen LogP contribution in [0.1, 0.15) is 0 Å². The van der Waals surface area contributed by atoms with Crippen molar-refractivity contribution in [1.82, 2.24) is 9.13 Å². The Hall–Kier alpha value is -5.80. The molecule has 0 spiro atoms. The van der Waals surface area contributed by atoms with Gasteiger partial charge in [0.2, 0.25) is 0 Å². The van der Waals surface area contributed by atoms with E-state index in [1.807, 2.05) is 0 Å². The number of rotatable bonds is 2. The largest absolute Gasteiger partial charge is 0.454 e. The second-order valence-electron chi connectivity index (χ2n) is 11.3. The number of benzene rings is 7. The van der Waals surface area contributed by atoms with Crippen LogP contribution < -0.4 is 0 Å². The van der Waals surface area contributed by atoms with Gasteiger partial charge in [-0.3, -0.25) is 0 Å². The van der Waals surface area contributed by atoms with Gasteiger partial charge in [-0.15, -0.1) is 0 Å². The Labute approximate surface area is 246 Å². The van der Waals surface area contributed by atoms with E-state index in [9.17, 15) is 0 Å². The highest BCUT2D eigenvalue weighted by atomic mass is 16.3. The molecule has 43 heavy (non-hydrogen) atoms. The van der Waals surface area contributed by atoms with Crippen LogP contribution >= 0.6 is 0 Å². The summed E-state index contributed by atoms with van der Waals surface area (Å²) in [5.41, 5.74) is 8.76. The van der Waals surface area contributed by atoms with Gasteiger partial charge in [0.1, 0.15) is 5.58 Å². The number of hydrogen-bond donors (Lipinski definition) is 0. The molecule has 7 aromatic carbocycles. The van der Waals surface area contributed by atoms with Gasteiger partial charge in [-0.2, -0.15) is 0 Å². The van der Waals surface area contributed by atoms with E-state index in [1.54, 1.807) is 0 Å². The lowest BCUT2D eigenvalue weighted by Crippen LogP contribution is -1.95. The minimum absolute atomic E-state index is 0.902. The summed E-state index contributed by atoms with van der Waals surface area (Å²) in [6.07, 6.45) is 0.